The van der Waals surface area contributed by atoms with E-state index in [0.29, 0.717) is 13.0 Å². The molecule has 22 heavy (non-hydrogen) atoms. The molecule has 2 aromatic rings. The zero-order valence-corrected chi connectivity index (χ0v) is 12.3. The maximum atomic E-state index is 12.7. The van der Waals surface area contributed by atoms with Crippen LogP contribution in [0, 0.1) is 12.7 Å². The zero-order valence-electron chi connectivity index (χ0n) is 12.3. The molecule has 0 unspecified atom stereocenters. The van der Waals surface area contributed by atoms with Crippen LogP contribution in [0.15, 0.2) is 53.6 Å². The number of nitrogens with zero attached hydrogens (tertiary/aromatic N) is 1. The monoisotopic (exact) mass is 299 g/mol. The molecule has 114 valence electrons. The molecule has 2 rings (SSSR count). The third kappa shape index (κ3) is 5.36. The molecule has 2 N–H and O–H groups in total. The van der Waals surface area contributed by atoms with E-state index in [1.807, 2.05) is 31.2 Å². The highest BCUT2D eigenvalue weighted by atomic mass is 19.1. The van der Waals surface area contributed by atoms with Gasteiger partial charge >= 0.3 is 0 Å². The average Bonchev–Trinajstić information content (AvgIpc) is 2.51. The minimum absolute atomic E-state index is 0.182. The van der Waals surface area contributed by atoms with Crippen molar-refractivity contribution in [1.82, 2.24) is 5.43 Å². The lowest BCUT2D eigenvalue weighted by atomic mass is 10.2. The smallest absolute Gasteiger partial charge is 0.241 e. The van der Waals surface area contributed by atoms with Gasteiger partial charge in [-0.3, -0.25) is 4.79 Å². The molecule has 0 radical (unpaired) electrons. The Morgan fingerprint density at radius 1 is 1.14 bits per heavy atom. The van der Waals surface area contributed by atoms with Gasteiger partial charge in [-0.15, -0.1) is 0 Å². The summed E-state index contributed by atoms with van der Waals surface area (Å²) >= 11 is 0. The second kappa shape index (κ2) is 7.93. The summed E-state index contributed by atoms with van der Waals surface area (Å²) in [6.45, 7) is 2.55. The van der Waals surface area contributed by atoms with E-state index in [4.69, 9.17) is 0 Å². The van der Waals surface area contributed by atoms with Crippen LogP contribution in [-0.4, -0.2) is 18.7 Å². The predicted octanol–water partition coefficient (Wildman–Crippen LogP) is 3.09. The Labute approximate surface area is 129 Å². The van der Waals surface area contributed by atoms with Crippen molar-refractivity contribution in [2.24, 2.45) is 5.10 Å². The molecule has 0 aliphatic rings. The number of hydrazone groups is 1. The molecular weight excluding hydrogens is 281 g/mol. The van der Waals surface area contributed by atoms with Crippen molar-refractivity contribution in [3.8, 4) is 0 Å². The summed E-state index contributed by atoms with van der Waals surface area (Å²) in [5.41, 5.74) is 5.33. The van der Waals surface area contributed by atoms with E-state index in [2.05, 4.69) is 15.8 Å². The first-order valence-corrected chi connectivity index (χ1v) is 7.01. The number of benzene rings is 2. The van der Waals surface area contributed by atoms with Gasteiger partial charge in [0.15, 0.2) is 0 Å². The molecule has 0 heterocycles. The quantitative estimate of drug-likeness (QED) is 0.636. The molecular formula is C17H18FN3O. The van der Waals surface area contributed by atoms with Crippen LogP contribution in [0.5, 0.6) is 0 Å². The van der Waals surface area contributed by atoms with Crippen LogP contribution in [0.3, 0.4) is 0 Å². The molecule has 0 fully saturated rings. The van der Waals surface area contributed by atoms with Crippen LogP contribution in [0.1, 0.15) is 17.5 Å². The van der Waals surface area contributed by atoms with Crippen molar-refractivity contribution in [2.75, 3.05) is 11.9 Å². The van der Waals surface area contributed by atoms with Crippen molar-refractivity contribution >= 4 is 17.8 Å². The Bertz CT molecular complexity index is 636. The third-order valence-corrected chi connectivity index (χ3v) is 3.01. The molecule has 0 saturated carbocycles. The molecule has 2 aromatic carbocycles. The van der Waals surface area contributed by atoms with Gasteiger partial charge in [0.05, 0.1) is 6.21 Å². The Morgan fingerprint density at radius 2 is 1.82 bits per heavy atom. The van der Waals surface area contributed by atoms with Crippen LogP contribution in [0.25, 0.3) is 0 Å². The lowest BCUT2D eigenvalue weighted by molar-refractivity contribution is -0.120. The summed E-state index contributed by atoms with van der Waals surface area (Å²) in [6, 6.07) is 13.8. The second-order valence-electron chi connectivity index (χ2n) is 4.89. The van der Waals surface area contributed by atoms with Crippen LogP contribution < -0.4 is 10.7 Å². The van der Waals surface area contributed by atoms with Crippen LogP contribution >= 0.6 is 0 Å². The summed E-state index contributed by atoms with van der Waals surface area (Å²) in [4.78, 5) is 11.6. The molecule has 0 bridgehead atoms. The summed E-state index contributed by atoms with van der Waals surface area (Å²) in [7, 11) is 0. The second-order valence-corrected chi connectivity index (χ2v) is 4.89. The molecule has 0 aliphatic heterocycles. The standard InChI is InChI=1S/C17H18FN3O/c1-13-2-8-16(9-3-13)19-11-10-17(22)21-20-12-14-4-6-15(18)7-5-14/h2-9,12,19H,10-11H2,1H3,(H,21,22)/b20-12+. The van der Waals surface area contributed by atoms with Gasteiger partial charge < -0.3 is 5.32 Å². The number of amides is 1. The van der Waals surface area contributed by atoms with Gasteiger partial charge in [0, 0.05) is 18.7 Å². The van der Waals surface area contributed by atoms with Gasteiger partial charge in [0.2, 0.25) is 5.91 Å². The first-order valence-electron chi connectivity index (χ1n) is 7.01. The molecule has 1 amide bonds. The Kier molecular flexibility index (Phi) is 5.65. The van der Waals surface area contributed by atoms with Gasteiger partial charge in [-0.1, -0.05) is 29.8 Å². The number of anilines is 1. The van der Waals surface area contributed by atoms with Crippen molar-refractivity contribution in [3.63, 3.8) is 0 Å². The molecule has 0 atom stereocenters. The molecule has 4 nitrogen and oxygen atoms in total. The minimum atomic E-state index is -0.302. The largest absolute Gasteiger partial charge is 0.385 e. The van der Waals surface area contributed by atoms with Gasteiger partial charge in [0.1, 0.15) is 5.82 Å². The van der Waals surface area contributed by atoms with Crippen molar-refractivity contribution < 1.29 is 9.18 Å². The van der Waals surface area contributed by atoms with E-state index in [1.165, 1.54) is 23.9 Å². The van der Waals surface area contributed by atoms with Crippen molar-refractivity contribution in [2.45, 2.75) is 13.3 Å². The summed E-state index contributed by atoms with van der Waals surface area (Å²) in [5.74, 6) is -0.485. The lowest BCUT2D eigenvalue weighted by Gasteiger charge is -2.05. The number of nitrogens with one attached hydrogen (secondary N) is 2. The maximum Gasteiger partial charge on any atom is 0.241 e. The summed E-state index contributed by atoms with van der Waals surface area (Å²) < 4.78 is 12.7. The molecule has 0 aliphatic carbocycles. The number of aryl methyl sites for hydroxylation is 1. The molecule has 0 spiro atoms. The first kappa shape index (κ1) is 15.7. The topological polar surface area (TPSA) is 53.5 Å². The van der Waals surface area contributed by atoms with Crippen molar-refractivity contribution in [1.29, 1.82) is 0 Å². The minimum Gasteiger partial charge on any atom is -0.385 e. The van der Waals surface area contributed by atoms with E-state index >= 15 is 0 Å². The van der Waals surface area contributed by atoms with E-state index in [0.717, 1.165) is 11.3 Å². The Balaban J connectivity index is 1.69. The molecule has 0 aromatic heterocycles. The number of carbonyl (C=O) groups is 1. The fourth-order valence-corrected chi connectivity index (χ4v) is 1.78. The Morgan fingerprint density at radius 3 is 2.50 bits per heavy atom. The Hall–Kier alpha value is -2.69. The maximum absolute atomic E-state index is 12.7. The van der Waals surface area contributed by atoms with Gasteiger partial charge in [-0.25, -0.2) is 9.82 Å². The van der Waals surface area contributed by atoms with Crippen LogP contribution in [-0.2, 0) is 4.79 Å². The fourth-order valence-electron chi connectivity index (χ4n) is 1.78. The number of carbonyl (C=O) groups excluding carboxylic acids is 1. The first-order chi connectivity index (χ1) is 10.6. The van der Waals surface area contributed by atoms with Crippen molar-refractivity contribution in [3.05, 3.63) is 65.5 Å². The fraction of sp³-hybridized carbons (Fsp3) is 0.176. The van der Waals surface area contributed by atoms with E-state index in [-0.39, 0.29) is 11.7 Å². The average molecular weight is 299 g/mol. The summed E-state index contributed by atoms with van der Waals surface area (Å²) in [5, 5.41) is 7.00. The number of hydrogen-bond acceptors (Lipinski definition) is 3. The normalized spacial score (nSPS) is 10.6. The number of halogens is 1. The number of rotatable bonds is 6. The highest BCUT2D eigenvalue weighted by molar-refractivity contribution is 5.82. The predicted molar refractivity (Wildman–Crippen MR) is 86.4 cm³/mol. The van der Waals surface area contributed by atoms with Gasteiger partial charge in [0.25, 0.3) is 0 Å². The highest BCUT2D eigenvalue weighted by Crippen LogP contribution is 2.08. The van der Waals surface area contributed by atoms with E-state index in [9.17, 15) is 9.18 Å². The molecule has 0 saturated heterocycles. The summed E-state index contributed by atoms with van der Waals surface area (Å²) in [6.07, 6.45) is 1.79. The van der Waals surface area contributed by atoms with Crippen LogP contribution in [0.2, 0.25) is 0 Å². The lowest BCUT2D eigenvalue weighted by Crippen LogP contribution is -2.20. The van der Waals surface area contributed by atoms with Crippen LogP contribution in [0.4, 0.5) is 10.1 Å². The SMILES string of the molecule is Cc1ccc(NCCC(=O)N/N=C/c2ccc(F)cc2)cc1. The van der Waals surface area contributed by atoms with Gasteiger partial charge in [-0.2, -0.15) is 5.10 Å². The number of hydrogen-bond donors (Lipinski definition) is 2. The van der Waals surface area contributed by atoms with E-state index < -0.39 is 0 Å². The molecule has 5 heteroatoms. The van der Waals surface area contributed by atoms with E-state index in [1.54, 1.807) is 12.1 Å². The van der Waals surface area contributed by atoms with Gasteiger partial charge in [-0.05, 0) is 36.8 Å². The highest BCUT2D eigenvalue weighted by Gasteiger charge is 1.99. The third-order valence-electron chi connectivity index (χ3n) is 3.01. The zero-order chi connectivity index (χ0) is 15.8.